The van der Waals surface area contributed by atoms with Gasteiger partial charge in [0.25, 0.3) is 5.91 Å². The summed E-state index contributed by atoms with van der Waals surface area (Å²) < 4.78 is 40.9. The summed E-state index contributed by atoms with van der Waals surface area (Å²) in [5, 5.41) is 5.15. The molecule has 0 saturated heterocycles. The van der Waals surface area contributed by atoms with Crippen molar-refractivity contribution >= 4 is 27.6 Å². The van der Waals surface area contributed by atoms with E-state index in [0.717, 1.165) is 0 Å². The Bertz CT molecular complexity index is 1020. The number of ether oxygens (including phenoxy) is 1. The number of amides is 1. The van der Waals surface area contributed by atoms with Crippen LogP contribution >= 0.6 is 0 Å². The summed E-state index contributed by atoms with van der Waals surface area (Å²) in [7, 11) is -3.83. The van der Waals surface area contributed by atoms with Gasteiger partial charge in [0.2, 0.25) is 10.0 Å². The van der Waals surface area contributed by atoms with E-state index in [9.17, 15) is 22.4 Å². The van der Waals surface area contributed by atoms with Gasteiger partial charge in [-0.15, -0.1) is 0 Å². The standard InChI is InChI=1S/C19H19FN2O5S/c1-12-8-14-10-16(28(21,25)26)6-7-17(14)22(12)18(23)11-27-19(24)9-13-2-4-15(20)5-3-13/h2-7,10,12H,8-9,11H2,1H3,(H2,21,25,26). The van der Waals surface area contributed by atoms with Crippen molar-refractivity contribution in [2.45, 2.75) is 30.7 Å². The summed E-state index contributed by atoms with van der Waals surface area (Å²) in [5.41, 5.74) is 1.83. The first-order valence-corrected chi connectivity index (χ1v) is 10.1. The molecule has 28 heavy (non-hydrogen) atoms. The van der Waals surface area contributed by atoms with Gasteiger partial charge >= 0.3 is 5.97 Å². The Labute approximate surface area is 161 Å². The lowest BCUT2D eigenvalue weighted by molar-refractivity contribution is -0.147. The minimum absolute atomic E-state index is 0.0153. The number of carbonyl (C=O) groups excluding carboxylic acids is 2. The smallest absolute Gasteiger partial charge is 0.310 e. The zero-order valence-corrected chi connectivity index (χ0v) is 15.9. The number of halogens is 1. The largest absolute Gasteiger partial charge is 0.455 e. The second kappa shape index (κ2) is 7.69. The highest BCUT2D eigenvalue weighted by Crippen LogP contribution is 2.33. The topological polar surface area (TPSA) is 107 Å². The van der Waals surface area contributed by atoms with Gasteiger partial charge in [0, 0.05) is 11.7 Å². The third kappa shape index (κ3) is 4.37. The number of anilines is 1. The SMILES string of the molecule is CC1Cc2cc(S(N)(=O)=O)ccc2N1C(=O)COC(=O)Cc1ccc(F)cc1. The second-order valence-electron chi connectivity index (χ2n) is 6.62. The minimum Gasteiger partial charge on any atom is -0.455 e. The number of hydrogen-bond donors (Lipinski definition) is 1. The first kappa shape index (κ1) is 20.0. The van der Waals surface area contributed by atoms with Crippen molar-refractivity contribution in [3.05, 3.63) is 59.4 Å². The van der Waals surface area contributed by atoms with Crippen molar-refractivity contribution in [2.75, 3.05) is 11.5 Å². The van der Waals surface area contributed by atoms with Crippen molar-refractivity contribution in [3.8, 4) is 0 Å². The average Bonchev–Trinajstić information content (AvgIpc) is 2.96. The van der Waals surface area contributed by atoms with Crippen LogP contribution in [0.15, 0.2) is 47.4 Å². The number of benzene rings is 2. The molecule has 2 N–H and O–H groups in total. The van der Waals surface area contributed by atoms with E-state index >= 15 is 0 Å². The molecule has 0 aliphatic carbocycles. The van der Waals surface area contributed by atoms with Crippen LogP contribution in [0.5, 0.6) is 0 Å². The lowest BCUT2D eigenvalue weighted by Crippen LogP contribution is -2.38. The van der Waals surface area contributed by atoms with Gasteiger partial charge in [-0.2, -0.15) is 0 Å². The van der Waals surface area contributed by atoms with Crippen LogP contribution in [0.1, 0.15) is 18.1 Å². The lowest BCUT2D eigenvalue weighted by Gasteiger charge is -2.22. The van der Waals surface area contributed by atoms with Crippen molar-refractivity contribution in [3.63, 3.8) is 0 Å². The van der Waals surface area contributed by atoms with Gasteiger partial charge in [-0.1, -0.05) is 12.1 Å². The maximum atomic E-state index is 12.9. The summed E-state index contributed by atoms with van der Waals surface area (Å²) >= 11 is 0. The van der Waals surface area contributed by atoms with Gasteiger partial charge in [-0.05, 0) is 54.8 Å². The fraction of sp³-hybridized carbons (Fsp3) is 0.263. The lowest BCUT2D eigenvalue weighted by atomic mass is 10.1. The number of carbonyl (C=O) groups is 2. The first-order chi connectivity index (χ1) is 13.1. The Balaban J connectivity index is 1.65. The maximum absolute atomic E-state index is 12.9. The molecule has 1 unspecified atom stereocenters. The molecular weight excluding hydrogens is 387 g/mol. The molecular formula is C19H19FN2O5S. The van der Waals surface area contributed by atoms with Gasteiger partial charge in [0.05, 0.1) is 11.3 Å². The van der Waals surface area contributed by atoms with E-state index in [1.54, 1.807) is 0 Å². The highest BCUT2D eigenvalue weighted by molar-refractivity contribution is 7.89. The van der Waals surface area contributed by atoms with Crippen LogP contribution in [-0.4, -0.2) is 32.9 Å². The molecule has 0 spiro atoms. The molecule has 1 atom stereocenters. The van der Waals surface area contributed by atoms with E-state index in [1.165, 1.54) is 47.4 Å². The zero-order valence-electron chi connectivity index (χ0n) is 15.1. The van der Waals surface area contributed by atoms with Crippen LogP contribution in [0.4, 0.5) is 10.1 Å². The quantitative estimate of drug-likeness (QED) is 0.758. The molecule has 148 valence electrons. The molecule has 0 saturated carbocycles. The fourth-order valence-corrected chi connectivity index (χ4v) is 3.76. The summed E-state index contributed by atoms with van der Waals surface area (Å²) in [6, 6.07) is 9.53. The Hall–Kier alpha value is -2.78. The molecule has 1 heterocycles. The number of sulfonamides is 1. The van der Waals surface area contributed by atoms with E-state index in [2.05, 4.69) is 0 Å². The van der Waals surface area contributed by atoms with Crippen LogP contribution < -0.4 is 10.0 Å². The number of nitrogens with zero attached hydrogens (tertiary/aromatic N) is 1. The normalized spacial score (nSPS) is 16.0. The van der Waals surface area contributed by atoms with Gasteiger partial charge in [0.15, 0.2) is 6.61 Å². The van der Waals surface area contributed by atoms with Gasteiger partial charge in [-0.3, -0.25) is 9.59 Å². The van der Waals surface area contributed by atoms with Crippen LogP contribution in [0, 0.1) is 5.82 Å². The molecule has 2 aromatic rings. The molecule has 0 bridgehead atoms. The highest BCUT2D eigenvalue weighted by Gasteiger charge is 2.32. The van der Waals surface area contributed by atoms with Crippen molar-refractivity contribution in [1.82, 2.24) is 0 Å². The summed E-state index contributed by atoms with van der Waals surface area (Å²) in [4.78, 5) is 26.0. The molecule has 0 aromatic heterocycles. The fourth-order valence-electron chi connectivity index (χ4n) is 3.20. The van der Waals surface area contributed by atoms with E-state index in [1.807, 2.05) is 6.92 Å². The monoisotopic (exact) mass is 406 g/mol. The highest BCUT2D eigenvalue weighted by atomic mass is 32.2. The van der Waals surface area contributed by atoms with Gasteiger partial charge in [-0.25, -0.2) is 17.9 Å². The molecule has 9 heteroatoms. The second-order valence-corrected chi connectivity index (χ2v) is 8.18. The van der Waals surface area contributed by atoms with Crippen molar-refractivity contribution in [1.29, 1.82) is 0 Å². The van der Waals surface area contributed by atoms with Crippen LogP contribution in [0.2, 0.25) is 0 Å². The summed E-state index contributed by atoms with van der Waals surface area (Å²) in [6.45, 7) is 1.37. The van der Waals surface area contributed by atoms with Crippen molar-refractivity contribution < 1.29 is 27.1 Å². The molecule has 1 aliphatic heterocycles. The van der Waals surface area contributed by atoms with E-state index in [4.69, 9.17) is 9.88 Å². The van der Waals surface area contributed by atoms with E-state index < -0.39 is 34.3 Å². The van der Waals surface area contributed by atoms with Crippen molar-refractivity contribution in [2.24, 2.45) is 5.14 Å². The molecule has 2 aromatic carbocycles. The molecule has 1 aliphatic rings. The Morgan fingerprint density at radius 3 is 2.54 bits per heavy atom. The molecule has 0 radical (unpaired) electrons. The van der Waals surface area contributed by atoms with E-state index in [0.29, 0.717) is 23.2 Å². The number of esters is 1. The third-order valence-corrected chi connectivity index (χ3v) is 5.39. The predicted octanol–water partition coefficient (Wildman–Crippen LogP) is 1.54. The zero-order chi connectivity index (χ0) is 20.5. The average molecular weight is 406 g/mol. The predicted molar refractivity (Wildman–Crippen MR) is 99.5 cm³/mol. The van der Waals surface area contributed by atoms with Gasteiger partial charge < -0.3 is 9.64 Å². The molecule has 3 rings (SSSR count). The Morgan fingerprint density at radius 1 is 1.21 bits per heavy atom. The summed E-state index contributed by atoms with van der Waals surface area (Å²) in [5.74, 6) is -1.42. The number of rotatable bonds is 5. The maximum Gasteiger partial charge on any atom is 0.310 e. The molecule has 1 amide bonds. The number of nitrogens with two attached hydrogens (primary N) is 1. The Kier molecular flexibility index (Phi) is 5.48. The van der Waals surface area contributed by atoms with Crippen LogP contribution in [0.3, 0.4) is 0 Å². The summed E-state index contributed by atoms with van der Waals surface area (Å²) in [6.07, 6.45) is 0.394. The third-order valence-electron chi connectivity index (χ3n) is 4.48. The number of primary sulfonamides is 1. The molecule has 7 nitrogen and oxygen atoms in total. The van der Waals surface area contributed by atoms with Crippen LogP contribution in [-0.2, 0) is 37.2 Å². The van der Waals surface area contributed by atoms with Crippen LogP contribution in [0.25, 0.3) is 0 Å². The Morgan fingerprint density at radius 2 is 1.89 bits per heavy atom. The first-order valence-electron chi connectivity index (χ1n) is 8.53. The molecule has 0 fully saturated rings. The minimum atomic E-state index is -3.83. The number of fused-ring (bicyclic) bond motifs is 1. The number of hydrogen-bond acceptors (Lipinski definition) is 5. The van der Waals surface area contributed by atoms with Gasteiger partial charge in [0.1, 0.15) is 5.82 Å². The van der Waals surface area contributed by atoms with E-state index in [-0.39, 0.29) is 17.4 Å².